The lowest BCUT2D eigenvalue weighted by Crippen LogP contribution is -2.28. The summed E-state index contributed by atoms with van der Waals surface area (Å²) in [4.78, 5) is 16.1. The summed E-state index contributed by atoms with van der Waals surface area (Å²) in [6, 6.07) is 11.8. The Morgan fingerprint density at radius 2 is 1.62 bits per heavy atom. The lowest BCUT2D eigenvalue weighted by molar-refractivity contribution is -0.137. The normalized spacial score (nSPS) is 13.9. The average Bonchev–Trinajstić information content (AvgIpc) is 3.68. The molecule has 1 heterocycles. The minimum absolute atomic E-state index is 0.0572. The third-order valence-corrected chi connectivity index (χ3v) is 6.43. The van der Waals surface area contributed by atoms with Gasteiger partial charge >= 0.3 is 27.8 Å². The number of amides is 2. The van der Waals surface area contributed by atoms with Gasteiger partial charge in [-0.2, -0.15) is 40.0 Å². The minimum Gasteiger partial charge on any atom is -0.354 e. The number of aromatic nitrogens is 1. The van der Waals surface area contributed by atoms with Crippen molar-refractivity contribution in [3.63, 3.8) is 0 Å². The van der Waals surface area contributed by atoms with E-state index in [0.717, 1.165) is 18.2 Å². The number of nitrogens with one attached hydrogen (secondary N) is 2. The second-order valence-electron chi connectivity index (χ2n) is 8.38. The molecule has 0 atom stereocenters. The number of benzene rings is 2. The summed E-state index contributed by atoms with van der Waals surface area (Å²) in [7, 11) is -6.09. The van der Waals surface area contributed by atoms with Crippen LogP contribution in [0.3, 0.4) is 0 Å². The predicted molar refractivity (Wildman–Crippen MR) is 126 cm³/mol. The Bertz CT molecular complexity index is 1560. The minimum atomic E-state index is -6.09. The van der Waals surface area contributed by atoms with E-state index in [4.69, 9.17) is 0 Å². The van der Waals surface area contributed by atoms with E-state index in [9.17, 15) is 44.8 Å². The summed E-state index contributed by atoms with van der Waals surface area (Å²) >= 11 is 0. The van der Waals surface area contributed by atoms with Crippen LogP contribution in [0.2, 0.25) is 0 Å². The van der Waals surface area contributed by atoms with Crippen molar-refractivity contribution in [3.8, 4) is 23.1 Å². The molecule has 3 aromatic rings. The molecular formula is C24H16F6N4O4S. The maximum Gasteiger partial charge on any atom is 0.534 e. The van der Waals surface area contributed by atoms with Gasteiger partial charge in [-0.15, -0.1) is 0 Å². The Labute approximate surface area is 217 Å². The zero-order valence-corrected chi connectivity index (χ0v) is 20.2. The van der Waals surface area contributed by atoms with E-state index >= 15 is 0 Å². The van der Waals surface area contributed by atoms with Crippen LogP contribution < -0.4 is 14.8 Å². The molecule has 0 radical (unpaired) electrons. The number of nitrogens with zero attached hydrogens (tertiary/aromatic N) is 2. The van der Waals surface area contributed by atoms with Crippen LogP contribution in [0.4, 0.5) is 42.5 Å². The lowest BCUT2D eigenvalue weighted by atomic mass is 9.99. The predicted octanol–water partition coefficient (Wildman–Crippen LogP) is 6.39. The van der Waals surface area contributed by atoms with Crippen molar-refractivity contribution in [2.24, 2.45) is 0 Å². The highest BCUT2D eigenvalue weighted by molar-refractivity contribution is 7.88. The first-order valence-corrected chi connectivity index (χ1v) is 12.4. The van der Waals surface area contributed by atoms with Crippen molar-refractivity contribution >= 4 is 27.5 Å². The molecule has 2 N–H and O–H groups in total. The number of alkyl halides is 6. The monoisotopic (exact) mass is 570 g/mol. The molecule has 39 heavy (non-hydrogen) atoms. The van der Waals surface area contributed by atoms with E-state index in [2.05, 4.69) is 19.8 Å². The number of pyridine rings is 1. The van der Waals surface area contributed by atoms with E-state index < -0.39 is 44.8 Å². The first-order chi connectivity index (χ1) is 18.2. The van der Waals surface area contributed by atoms with Crippen molar-refractivity contribution in [1.82, 2.24) is 4.98 Å². The highest BCUT2D eigenvalue weighted by Crippen LogP contribution is 2.43. The van der Waals surface area contributed by atoms with Crippen LogP contribution in [0.15, 0.2) is 54.6 Å². The van der Waals surface area contributed by atoms with Crippen LogP contribution in [-0.4, -0.2) is 24.9 Å². The Kier molecular flexibility index (Phi) is 7.17. The Morgan fingerprint density at radius 3 is 2.18 bits per heavy atom. The second kappa shape index (κ2) is 10.1. The fourth-order valence-corrected chi connectivity index (χ4v) is 3.90. The molecule has 0 bridgehead atoms. The standard InChI is InChI=1S/C24H16F6N4O4S/c25-23(26,27)15-2-1-3-17(10-15)33-22(35)32-16-8-6-13(7-9-16)18-11-20(14-4-5-14)34-21(19(18)12-31)38-39(36,37)24(28,29)30/h1-3,6-11,14H,4-5H2,(H2,32,33,35). The van der Waals surface area contributed by atoms with Crippen LogP contribution >= 0.6 is 0 Å². The number of hydrogen-bond acceptors (Lipinski definition) is 6. The van der Waals surface area contributed by atoms with Gasteiger partial charge in [0.1, 0.15) is 11.6 Å². The molecule has 15 heteroatoms. The van der Waals surface area contributed by atoms with Crippen LogP contribution in [0.5, 0.6) is 5.88 Å². The number of halogens is 6. The molecule has 204 valence electrons. The first-order valence-electron chi connectivity index (χ1n) is 11.0. The molecule has 2 amide bonds. The molecule has 0 unspecified atom stereocenters. The summed E-state index contributed by atoms with van der Waals surface area (Å²) in [5, 5.41) is 14.3. The van der Waals surface area contributed by atoms with Crippen molar-refractivity contribution in [1.29, 1.82) is 5.26 Å². The van der Waals surface area contributed by atoms with E-state index in [0.29, 0.717) is 12.8 Å². The van der Waals surface area contributed by atoms with Gasteiger partial charge in [0.25, 0.3) is 5.88 Å². The van der Waals surface area contributed by atoms with Crippen molar-refractivity contribution in [2.45, 2.75) is 30.4 Å². The third kappa shape index (κ3) is 6.40. The second-order valence-corrected chi connectivity index (χ2v) is 9.92. The quantitative estimate of drug-likeness (QED) is 0.201. The molecule has 8 nitrogen and oxygen atoms in total. The van der Waals surface area contributed by atoms with E-state index in [1.54, 1.807) is 6.07 Å². The van der Waals surface area contributed by atoms with Crippen molar-refractivity contribution in [3.05, 3.63) is 71.4 Å². The summed E-state index contributed by atoms with van der Waals surface area (Å²) in [5.74, 6) is -1.15. The number of hydrogen-bond donors (Lipinski definition) is 2. The summed E-state index contributed by atoms with van der Waals surface area (Å²) < 4.78 is 105. The number of rotatable bonds is 6. The Hall–Kier alpha value is -4.32. The summed E-state index contributed by atoms with van der Waals surface area (Å²) in [6.45, 7) is 0. The molecule has 1 fully saturated rings. The Morgan fingerprint density at radius 1 is 0.974 bits per heavy atom. The van der Waals surface area contributed by atoms with E-state index in [-0.39, 0.29) is 34.1 Å². The zero-order valence-electron chi connectivity index (χ0n) is 19.4. The molecule has 1 aliphatic rings. The molecule has 1 saturated carbocycles. The topological polar surface area (TPSA) is 121 Å². The molecule has 0 spiro atoms. The number of anilines is 2. The highest BCUT2D eigenvalue weighted by atomic mass is 32.2. The van der Waals surface area contributed by atoms with Gasteiger partial charge in [-0.1, -0.05) is 18.2 Å². The van der Waals surface area contributed by atoms with Gasteiger partial charge in [0.2, 0.25) is 0 Å². The number of carbonyl (C=O) groups excluding carboxylic acids is 1. The number of nitriles is 1. The molecule has 4 rings (SSSR count). The highest BCUT2D eigenvalue weighted by Gasteiger charge is 2.49. The Balaban J connectivity index is 1.58. The van der Waals surface area contributed by atoms with Crippen molar-refractivity contribution in [2.75, 3.05) is 10.6 Å². The van der Waals surface area contributed by atoms with Crippen molar-refractivity contribution < 1.29 is 43.7 Å². The zero-order chi connectivity index (χ0) is 28.6. The van der Waals surface area contributed by atoms with E-state index in [1.807, 2.05) is 0 Å². The molecular weight excluding hydrogens is 554 g/mol. The smallest absolute Gasteiger partial charge is 0.354 e. The van der Waals surface area contributed by atoms with Gasteiger partial charge in [0.15, 0.2) is 0 Å². The van der Waals surface area contributed by atoms with Crippen LogP contribution in [0.25, 0.3) is 11.1 Å². The largest absolute Gasteiger partial charge is 0.534 e. The van der Waals surface area contributed by atoms with Crippen LogP contribution in [-0.2, 0) is 16.3 Å². The number of urea groups is 1. The maximum atomic E-state index is 12.9. The van der Waals surface area contributed by atoms with E-state index in [1.165, 1.54) is 36.4 Å². The van der Waals surface area contributed by atoms with Gasteiger partial charge in [-0.05, 0) is 54.8 Å². The summed E-state index contributed by atoms with van der Waals surface area (Å²) in [5.41, 5.74) is -6.58. The maximum absolute atomic E-state index is 12.9. The average molecular weight is 570 g/mol. The van der Waals surface area contributed by atoms with Crippen LogP contribution in [0.1, 0.15) is 35.6 Å². The molecule has 1 aliphatic carbocycles. The van der Waals surface area contributed by atoms with Gasteiger partial charge < -0.3 is 14.8 Å². The molecule has 1 aromatic heterocycles. The van der Waals surface area contributed by atoms with Gasteiger partial charge in [0.05, 0.1) is 5.56 Å². The number of carbonyl (C=O) groups is 1. The fourth-order valence-electron chi connectivity index (χ4n) is 3.48. The SMILES string of the molecule is N#Cc1c(-c2ccc(NC(=O)Nc3cccc(C(F)(F)F)c3)cc2)cc(C2CC2)nc1OS(=O)(=O)C(F)(F)F. The fraction of sp³-hybridized carbons (Fsp3) is 0.208. The van der Waals surface area contributed by atoms with Gasteiger partial charge in [-0.3, -0.25) is 0 Å². The van der Waals surface area contributed by atoms with Gasteiger partial charge in [-0.25, -0.2) is 9.78 Å². The summed E-state index contributed by atoms with van der Waals surface area (Å²) in [6.07, 6.45) is -3.28. The third-order valence-electron chi connectivity index (χ3n) is 5.49. The van der Waals surface area contributed by atoms with Crippen LogP contribution in [0, 0.1) is 11.3 Å². The lowest BCUT2D eigenvalue weighted by Gasteiger charge is -2.14. The molecule has 0 aliphatic heterocycles. The first kappa shape index (κ1) is 27.7. The van der Waals surface area contributed by atoms with Gasteiger partial charge in [0, 0.05) is 28.6 Å². The molecule has 0 saturated heterocycles. The molecule has 2 aromatic carbocycles.